The van der Waals surface area contributed by atoms with Crippen molar-refractivity contribution in [3.63, 3.8) is 0 Å². The number of imidazole rings is 1. The number of hydrogen-bond acceptors (Lipinski definition) is 8. The number of ketones is 1. The summed E-state index contributed by atoms with van der Waals surface area (Å²) in [7, 11) is 0. The van der Waals surface area contributed by atoms with Gasteiger partial charge in [0.25, 0.3) is 0 Å². The van der Waals surface area contributed by atoms with Gasteiger partial charge in [0.2, 0.25) is 0 Å². The molecule has 0 saturated carbocycles. The van der Waals surface area contributed by atoms with Crippen LogP contribution in [0.15, 0.2) is 68.5 Å². The minimum absolute atomic E-state index is 0.0680. The molecule has 5 N–H and O–H groups in total. The van der Waals surface area contributed by atoms with Crippen LogP contribution in [0.5, 0.6) is 0 Å². The van der Waals surface area contributed by atoms with Crippen LogP contribution in [0.3, 0.4) is 0 Å². The van der Waals surface area contributed by atoms with E-state index in [1.54, 1.807) is 0 Å². The van der Waals surface area contributed by atoms with Gasteiger partial charge in [-0.15, -0.1) is 0 Å². The maximum Gasteiger partial charge on any atom is 0.490 e. The fourth-order valence-electron chi connectivity index (χ4n) is 3.94. The van der Waals surface area contributed by atoms with E-state index in [0.717, 1.165) is 44.6 Å². The van der Waals surface area contributed by atoms with Crippen molar-refractivity contribution < 1.29 is 32.3 Å². The third-order valence-corrected chi connectivity index (χ3v) is 6.25. The summed E-state index contributed by atoms with van der Waals surface area (Å²) in [5, 5.41) is 22.2. The number of Topliss-reactive ketones (excluding diaryl/α,β-unsaturated/α-hetero) is 1. The Kier molecular flexibility index (Phi) is 6.05. The summed E-state index contributed by atoms with van der Waals surface area (Å²) in [6.45, 7) is 0.927. The highest BCUT2D eigenvalue weighted by Gasteiger charge is 2.39. The summed E-state index contributed by atoms with van der Waals surface area (Å²) < 4.78 is 37.9. The number of carboxylic acids is 1. The van der Waals surface area contributed by atoms with Crippen molar-refractivity contribution in [2.45, 2.75) is 22.3 Å². The van der Waals surface area contributed by atoms with Crippen LogP contribution in [0.2, 0.25) is 0 Å². The predicted molar refractivity (Wildman–Crippen MR) is 122 cm³/mol. The smallest absolute Gasteiger partial charge is 0.475 e. The molecule has 1 unspecified atom stereocenters. The van der Waals surface area contributed by atoms with Gasteiger partial charge in [-0.05, 0) is 36.0 Å². The van der Waals surface area contributed by atoms with E-state index in [-0.39, 0.29) is 11.7 Å². The predicted octanol–water partition coefficient (Wildman–Crippen LogP) is 3.65. The molecule has 5 heterocycles. The van der Waals surface area contributed by atoms with Crippen LogP contribution >= 0.6 is 11.8 Å². The number of para-hydroxylation sites is 2. The summed E-state index contributed by atoms with van der Waals surface area (Å²) in [6, 6.07) is 11.7. The molecule has 36 heavy (non-hydrogen) atoms. The molecule has 14 heteroatoms. The highest BCUT2D eigenvalue weighted by molar-refractivity contribution is 7.99. The van der Waals surface area contributed by atoms with Crippen molar-refractivity contribution >= 4 is 40.4 Å². The number of rotatable bonds is 3. The van der Waals surface area contributed by atoms with Crippen LogP contribution in [-0.2, 0) is 9.59 Å². The van der Waals surface area contributed by atoms with Gasteiger partial charge in [-0.25, -0.2) is 9.78 Å². The second kappa shape index (κ2) is 9.20. The normalized spacial score (nSPS) is 17.2. The first kappa shape index (κ1) is 23.7. The van der Waals surface area contributed by atoms with Crippen molar-refractivity contribution in [3.8, 4) is 0 Å². The molecule has 1 atom stereocenters. The molecule has 2 aliphatic rings. The van der Waals surface area contributed by atoms with Gasteiger partial charge >= 0.3 is 12.1 Å². The van der Waals surface area contributed by atoms with Gasteiger partial charge in [-0.1, -0.05) is 12.1 Å². The van der Waals surface area contributed by atoms with Crippen molar-refractivity contribution in [2.75, 3.05) is 18.4 Å². The molecule has 1 aromatic carbocycles. The molecule has 2 aliphatic heterocycles. The van der Waals surface area contributed by atoms with Crippen molar-refractivity contribution in [1.82, 2.24) is 25.5 Å². The molecule has 6 rings (SSSR count). The number of aromatic amines is 2. The topological polar surface area (TPSA) is 149 Å². The number of anilines is 1. The quantitative estimate of drug-likeness (QED) is 0.274. The van der Waals surface area contributed by atoms with Gasteiger partial charge in [0.15, 0.2) is 21.8 Å². The summed E-state index contributed by atoms with van der Waals surface area (Å²) in [6.07, 6.45) is -3.26. The average molecular weight is 518 g/mol. The third-order valence-electron chi connectivity index (χ3n) is 5.45. The number of hydrogen-bond donors (Lipinski definition) is 5. The average Bonchev–Trinajstić information content (AvgIpc) is 3.57. The molecular formula is C22H17F3N6O4S. The molecule has 0 saturated heterocycles. The second-order valence-corrected chi connectivity index (χ2v) is 8.78. The number of carbonyl (C=O) groups is 2. The zero-order valence-corrected chi connectivity index (χ0v) is 19.0. The summed E-state index contributed by atoms with van der Waals surface area (Å²) in [5.41, 5.74) is 4.41. The molecule has 0 amide bonds. The minimum atomic E-state index is -5.08. The van der Waals surface area contributed by atoms with Crippen LogP contribution in [0.1, 0.15) is 17.2 Å². The summed E-state index contributed by atoms with van der Waals surface area (Å²) >= 11 is 1.43. The lowest BCUT2D eigenvalue weighted by Crippen LogP contribution is -2.39. The van der Waals surface area contributed by atoms with Gasteiger partial charge in [-0.3, -0.25) is 9.89 Å². The van der Waals surface area contributed by atoms with Gasteiger partial charge in [0, 0.05) is 29.6 Å². The van der Waals surface area contributed by atoms with E-state index in [0.29, 0.717) is 18.2 Å². The number of H-pyrrole nitrogens is 2. The SMILES string of the molecule is O=C(O)C(F)(F)F.O=C1CNCC2=C1C(c1ccc(Sc3nc4ccccc4[nH]3)o1)c1c[nH]nc1N2. The first-order valence-electron chi connectivity index (χ1n) is 10.5. The van der Waals surface area contributed by atoms with Crippen LogP contribution in [0.25, 0.3) is 11.0 Å². The molecule has 186 valence electrons. The Morgan fingerprint density at radius 3 is 2.69 bits per heavy atom. The molecule has 0 aliphatic carbocycles. The van der Waals surface area contributed by atoms with Crippen molar-refractivity contribution in [1.29, 1.82) is 0 Å². The number of aromatic nitrogens is 4. The van der Waals surface area contributed by atoms with Gasteiger partial charge in [0.1, 0.15) is 5.76 Å². The van der Waals surface area contributed by atoms with Crippen LogP contribution in [0.4, 0.5) is 19.0 Å². The molecule has 0 radical (unpaired) electrons. The van der Waals surface area contributed by atoms with Crippen molar-refractivity contribution in [3.05, 3.63) is 65.2 Å². The molecule has 3 aromatic heterocycles. The monoisotopic (exact) mass is 518 g/mol. The molecule has 0 fully saturated rings. The zero-order valence-electron chi connectivity index (χ0n) is 18.1. The Labute approximate surface area is 204 Å². The number of halogens is 3. The Hall–Kier alpha value is -4.04. The Morgan fingerprint density at radius 2 is 1.94 bits per heavy atom. The lowest BCUT2D eigenvalue weighted by molar-refractivity contribution is -0.192. The Balaban J connectivity index is 0.000000338. The number of carboxylic acid groups (broad SMARTS) is 1. The molecule has 0 spiro atoms. The van der Waals surface area contributed by atoms with Gasteiger partial charge < -0.3 is 25.1 Å². The molecular weight excluding hydrogens is 501 g/mol. The lowest BCUT2D eigenvalue weighted by atomic mass is 9.82. The molecule has 4 aromatic rings. The van der Waals surface area contributed by atoms with Crippen LogP contribution in [-0.4, -0.2) is 56.3 Å². The van der Waals surface area contributed by atoms with Gasteiger partial charge in [0.05, 0.1) is 23.5 Å². The van der Waals surface area contributed by atoms with E-state index < -0.39 is 12.1 Å². The first-order valence-corrected chi connectivity index (χ1v) is 11.3. The van der Waals surface area contributed by atoms with Crippen molar-refractivity contribution in [2.24, 2.45) is 0 Å². The number of nitrogens with one attached hydrogen (secondary N) is 4. The summed E-state index contributed by atoms with van der Waals surface area (Å²) in [5.74, 6) is -1.52. The number of fused-ring (bicyclic) bond motifs is 2. The summed E-state index contributed by atoms with van der Waals surface area (Å²) in [4.78, 5) is 29.5. The number of aliphatic carboxylic acids is 1. The number of furan rings is 1. The second-order valence-electron chi connectivity index (χ2n) is 7.79. The van der Waals surface area contributed by atoms with E-state index >= 15 is 0 Å². The van der Waals surface area contributed by atoms with Crippen LogP contribution in [0, 0.1) is 0 Å². The maximum atomic E-state index is 12.7. The largest absolute Gasteiger partial charge is 0.490 e. The first-order chi connectivity index (χ1) is 17.2. The number of nitrogens with zero attached hydrogens (tertiary/aromatic N) is 2. The Bertz CT molecular complexity index is 1460. The van der Waals surface area contributed by atoms with E-state index in [1.807, 2.05) is 42.6 Å². The number of benzene rings is 1. The van der Waals surface area contributed by atoms with E-state index in [9.17, 15) is 18.0 Å². The minimum Gasteiger partial charge on any atom is -0.475 e. The van der Waals surface area contributed by atoms with E-state index in [1.165, 1.54) is 11.8 Å². The van der Waals surface area contributed by atoms with Crippen LogP contribution < -0.4 is 10.6 Å². The maximum absolute atomic E-state index is 12.7. The molecule has 0 bridgehead atoms. The number of alkyl halides is 3. The number of carbonyl (C=O) groups excluding carboxylic acids is 1. The Morgan fingerprint density at radius 1 is 1.17 bits per heavy atom. The van der Waals surface area contributed by atoms with E-state index in [4.69, 9.17) is 14.3 Å². The highest BCUT2D eigenvalue weighted by Crippen LogP contribution is 2.43. The third kappa shape index (κ3) is 4.59. The fraction of sp³-hybridized carbons (Fsp3) is 0.182. The fourth-order valence-corrected chi connectivity index (χ4v) is 4.71. The zero-order chi connectivity index (χ0) is 25.4. The lowest BCUT2D eigenvalue weighted by Gasteiger charge is -2.30. The molecule has 10 nitrogen and oxygen atoms in total. The van der Waals surface area contributed by atoms with Gasteiger partial charge in [-0.2, -0.15) is 18.3 Å². The standard InChI is InChI=1S/C20H16N6O2S.C2HF3O2/c27-14-9-21-8-13-18(14)17(10-7-22-26-19(10)23-13)15-5-6-16(28-15)29-20-24-11-3-1-2-4-12(11)25-20;3-2(4,5)1(6)7/h1-7,17,21H,8-9H2,(H,24,25)(H2,22,23,26);(H,6,7). The van der Waals surface area contributed by atoms with E-state index in [2.05, 4.69) is 30.8 Å². The highest BCUT2D eigenvalue weighted by atomic mass is 32.2.